The zero-order chi connectivity index (χ0) is 16.0. The molecule has 2 rings (SSSR count). The fraction of sp³-hybridized carbons (Fsp3) is 0.118. The first-order chi connectivity index (χ1) is 10.5. The minimum Gasteiger partial charge on any atom is -0.341 e. The Bertz CT molecular complexity index is 831. The molecule has 0 radical (unpaired) electrons. The molecule has 0 fully saturated rings. The van der Waals surface area contributed by atoms with Crippen molar-refractivity contribution in [2.24, 2.45) is 0 Å². The number of carbonyl (C=O) groups is 1. The Labute approximate surface area is 130 Å². The molecular weight excluding hydrogens is 298 g/mol. The lowest BCUT2D eigenvalue weighted by Gasteiger charge is -2.06. The number of rotatable bonds is 3. The van der Waals surface area contributed by atoms with E-state index in [0.717, 1.165) is 11.8 Å². The normalized spacial score (nSPS) is 10.4. The van der Waals surface area contributed by atoms with Crippen LogP contribution in [-0.4, -0.2) is 27.1 Å². The molecule has 0 aliphatic rings. The summed E-state index contributed by atoms with van der Waals surface area (Å²) >= 11 is 0. The van der Waals surface area contributed by atoms with E-state index in [1.54, 1.807) is 12.1 Å². The van der Waals surface area contributed by atoms with E-state index in [9.17, 15) is 13.2 Å². The van der Waals surface area contributed by atoms with Crippen LogP contribution in [-0.2, 0) is 9.84 Å². The predicted octanol–water partition coefficient (Wildman–Crippen LogP) is 1.87. The lowest BCUT2D eigenvalue weighted by atomic mass is 10.2. The summed E-state index contributed by atoms with van der Waals surface area (Å²) in [6, 6.07) is 15.5. The first-order valence-electron chi connectivity index (χ1n) is 6.59. The zero-order valence-electron chi connectivity index (χ0n) is 12.0. The van der Waals surface area contributed by atoms with Crippen LogP contribution in [0.3, 0.4) is 0 Å². The van der Waals surface area contributed by atoms with Crippen LogP contribution in [0.2, 0.25) is 0 Å². The lowest BCUT2D eigenvalue weighted by Crippen LogP contribution is -2.25. The highest BCUT2D eigenvalue weighted by atomic mass is 32.2. The molecule has 1 amide bonds. The zero-order valence-corrected chi connectivity index (χ0v) is 12.9. The maximum Gasteiger partial charge on any atom is 0.253 e. The smallest absolute Gasteiger partial charge is 0.253 e. The number of amides is 1. The quantitative estimate of drug-likeness (QED) is 0.880. The standard InChI is InChI=1S/C17H15NO3S/c1-22(20,21)16-12-6-5-11-15(16)17(19)18-13-7-10-14-8-3-2-4-9-14/h2-6,8-9,11-12H,13H2,1H3,(H,18,19). The van der Waals surface area contributed by atoms with Gasteiger partial charge in [0.25, 0.3) is 5.91 Å². The van der Waals surface area contributed by atoms with Crippen molar-refractivity contribution >= 4 is 15.7 Å². The average molecular weight is 313 g/mol. The molecule has 112 valence electrons. The number of nitrogens with one attached hydrogen (secondary N) is 1. The first-order valence-corrected chi connectivity index (χ1v) is 8.49. The van der Waals surface area contributed by atoms with Gasteiger partial charge in [-0.05, 0) is 24.3 Å². The molecule has 0 aromatic heterocycles. The highest BCUT2D eigenvalue weighted by Gasteiger charge is 2.17. The summed E-state index contributed by atoms with van der Waals surface area (Å²) in [5.74, 6) is 5.29. The van der Waals surface area contributed by atoms with Crippen molar-refractivity contribution in [3.05, 3.63) is 65.7 Å². The predicted molar refractivity (Wildman–Crippen MR) is 85.2 cm³/mol. The van der Waals surface area contributed by atoms with Crippen LogP contribution in [0.4, 0.5) is 0 Å². The highest BCUT2D eigenvalue weighted by molar-refractivity contribution is 7.90. The van der Waals surface area contributed by atoms with E-state index in [0.29, 0.717) is 0 Å². The van der Waals surface area contributed by atoms with Crippen LogP contribution < -0.4 is 5.32 Å². The fourth-order valence-corrected chi connectivity index (χ4v) is 2.75. The largest absolute Gasteiger partial charge is 0.341 e. The van der Waals surface area contributed by atoms with Crippen molar-refractivity contribution in [1.29, 1.82) is 0 Å². The SMILES string of the molecule is CS(=O)(=O)c1ccccc1C(=O)NCC#Cc1ccccc1. The Balaban J connectivity index is 2.07. The Hall–Kier alpha value is -2.58. The Kier molecular flexibility index (Phi) is 4.97. The second-order valence-corrected chi connectivity index (χ2v) is 6.60. The van der Waals surface area contributed by atoms with E-state index in [1.165, 1.54) is 12.1 Å². The summed E-state index contributed by atoms with van der Waals surface area (Å²) in [4.78, 5) is 12.1. The minimum absolute atomic E-state index is 0.0171. The molecule has 0 aliphatic carbocycles. The Morgan fingerprint density at radius 2 is 1.68 bits per heavy atom. The molecule has 0 unspecified atom stereocenters. The Morgan fingerprint density at radius 1 is 1.05 bits per heavy atom. The molecule has 2 aromatic carbocycles. The third-order valence-electron chi connectivity index (χ3n) is 2.88. The monoisotopic (exact) mass is 313 g/mol. The maximum absolute atomic E-state index is 12.1. The van der Waals surface area contributed by atoms with E-state index in [2.05, 4.69) is 17.2 Å². The number of sulfone groups is 1. The molecule has 0 bridgehead atoms. The van der Waals surface area contributed by atoms with Crippen molar-refractivity contribution < 1.29 is 13.2 Å². The van der Waals surface area contributed by atoms with Gasteiger partial charge >= 0.3 is 0 Å². The molecule has 2 aromatic rings. The van der Waals surface area contributed by atoms with E-state index in [-0.39, 0.29) is 17.0 Å². The van der Waals surface area contributed by atoms with E-state index >= 15 is 0 Å². The van der Waals surface area contributed by atoms with Gasteiger partial charge in [0.15, 0.2) is 9.84 Å². The molecule has 0 atom stereocenters. The summed E-state index contributed by atoms with van der Waals surface area (Å²) in [6.45, 7) is 0.145. The number of carbonyl (C=O) groups excluding carboxylic acids is 1. The van der Waals surface area contributed by atoms with Gasteiger partial charge in [0, 0.05) is 11.8 Å². The summed E-state index contributed by atoms with van der Waals surface area (Å²) < 4.78 is 23.3. The molecule has 22 heavy (non-hydrogen) atoms. The van der Waals surface area contributed by atoms with Crippen LogP contribution in [0.5, 0.6) is 0 Å². The van der Waals surface area contributed by atoms with Gasteiger partial charge in [-0.2, -0.15) is 0 Å². The molecule has 0 saturated carbocycles. The maximum atomic E-state index is 12.1. The van der Waals surface area contributed by atoms with Crippen molar-refractivity contribution in [2.75, 3.05) is 12.8 Å². The summed E-state index contributed by atoms with van der Waals surface area (Å²) in [5.41, 5.74) is 0.986. The Morgan fingerprint density at radius 3 is 2.36 bits per heavy atom. The topological polar surface area (TPSA) is 63.2 Å². The van der Waals surface area contributed by atoms with Crippen LogP contribution in [0.25, 0.3) is 0 Å². The molecule has 0 aliphatic heterocycles. The second-order valence-electron chi connectivity index (χ2n) is 4.62. The molecule has 0 spiro atoms. The average Bonchev–Trinajstić information content (AvgIpc) is 2.51. The van der Waals surface area contributed by atoms with Crippen molar-refractivity contribution in [1.82, 2.24) is 5.32 Å². The van der Waals surface area contributed by atoms with Crippen molar-refractivity contribution in [3.8, 4) is 11.8 Å². The van der Waals surface area contributed by atoms with Gasteiger partial charge in [-0.3, -0.25) is 4.79 Å². The number of hydrogen-bond donors (Lipinski definition) is 1. The number of hydrogen-bond acceptors (Lipinski definition) is 3. The third kappa shape index (κ3) is 4.21. The van der Waals surface area contributed by atoms with E-state index in [4.69, 9.17) is 0 Å². The molecule has 0 saturated heterocycles. The molecule has 1 N–H and O–H groups in total. The summed E-state index contributed by atoms with van der Waals surface area (Å²) in [5, 5.41) is 2.60. The minimum atomic E-state index is -3.45. The molecule has 0 heterocycles. The van der Waals surface area contributed by atoms with Crippen LogP contribution >= 0.6 is 0 Å². The fourth-order valence-electron chi connectivity index (χ4n) is 1.87. The van der Waals surface area contributed by atoms with Gasteiger partial charge in [-0.15, -0.1) is 0 Å². The second kappa shape index (κ2) is 6.92. The van der Waals surface area contributed by atoms with E-state index < -0.39 is 15.7 Å². The highest BCUT2D eigenvalue weighted by Crippen LogP contribution is 2.14. The van der Waals surface area contributed by atoms with Crippen LogP contribution in [0.15, 0.2) is 59.5 Å². The molecular formula is C17H15NO3S. The van der Waals surface area contributed by atoms with Gasteiger partial charge in [-0.1, -0.05) is 42.2 Å². The van der Waals surface area contributed by atoms with Crippen LogP contribution in [0.1, 0.15) is 15.9 Å². The summed E-state index contributed by atoms with van der Waals surface area (Å²) in [7, 11) is -3.45. The van der Waals surface area contributed by atoms with Gasteiger partial charge in [-0.25, -0.2) is 8.42 Å². The van der Waals surface area contributed by atoms with Gasteiger partial charge in [0.05, 0.1) is 17.0 Å². The molecule has 5 heteroatoms. The van der Waals surface area contributed by atoms with Crippen molar-refractivity contribution in [3.63, 3.8) is 0 Å². The van der Waals surface area contributed by atoms with E-state index in [1.807, 2.05) is 30.3 Å². The van der Waals surface area contributed by atoms with Gasteiger partial charge in [0.1, 0.15) is 0 Å². The number of benzene rings is 2. The van der Waals surface area contributed by atoms with Gasteiger partial charge in [0.2, 0.25) is 0 Å². The molecule has 4 nitrogen and oxygen atoms in total. The van der Waals surface area contributed by atoms with Crippen molar-refractivity contribution in [2.45, 2.75) is 4.90 Å². The lowest BCUT2D eigenvalue weighted by molar-refractivity contribution is 0.0955. The third-order valence-corrected chi connectivity index (χ3v) is 4.03. The first kappa shape index (κ1) is 15.8. The summed E-state index contributed by atoms with van der Waals surface area (Å²) in [6.07, 6.45) is 1.08. The van der Waals surface area contributed by atoms with Gasteiger partial charge < -0.3 is 5.32 Å². The van der Waals surface area contributed by atoms with Crippen LogP contribution in [0, 0.1) is 11.8 Å².